The van der Waals surface area contributed by atoms with Gasteiger partial charge in [0.05, 0.1) is 0 Å². The Balaban J connectivity index is 4.65. The van der Waals surface area contributed by atoms with Gasteiger partial charge in [-0.05, 0) is 32.6 Å². The normalized spacial score (nSPS) is 13.3. The maximum atomic E-state index is 12.0. The van der Waals surface area contributed by atoms with Gasteiger partial charge < -0.3 is 15.3 Å². The van der Waals surface area contributed by atoms with E-state index in [2.05, 4.69) is 5.32 Å². The number of carbonyl (C=O) groups is 2. The zero-order chi connectivity index (χ0) is 14.5. The molecule has 18 heavy (non-hydrogen) atoms. The SMILES string of the molecule is CCC(C)(C)N(C)C(=O)N[C@@H](CC(C)C)C(=O)O. The van der Waals surface area contributed by atoms with Crippen molar-refractivity contribution in [1.82, 2.24) is 10.2 Å². The van der Waals surface area contributed by atoms with Crippen molar-refractivity contribution in [1.29, 1.82) is 0 Å². The number of carboxylic acids is 1. The smallest absolute Gasteiger partial charge is 0.326 e. The van der Waals surface area contributed by atoms with E-state index < -0.39 is 12.0 Å². The summed E-state index contributed by atoms with van der Waals surface area (Å²) in [5.41, 5.74) is -0.287. The molecule has 0 aliphatic heterocycles. The molecule has 0 rings (SSSR count). The molecule has 0 heterocycles. The molecule has 2 amide bonds. The standard InChI is InChI=1S/C13H26N2O3/c1-7-13(4,5)15(6)12(18)14-10(11(16)17)8-9(2)3/h9-10H,7-8H2,1-6H3,(H,14,18)(H,16,17)/t10-/m0/s1. The largest absolute Gasteiger partial charge is 0.480 e. The van der Waals surface area contributed by atoms with E-state index in [1.54, 1.807) is 11.9 Å². The molecule has 0 aromatic rings. The molecule has 5 nitrogen and oxygen atoms in total. The van der Waals surface area contributed by atoms with Crippen molar-refractivity contribution in [2.75, 3.05) is 7.05 Å². The summed E-state index contributed by atoms with van der Waals surface area (Å²) in [5, 5.41) is 11.7. The van der Waals surface area contributed by atoms with Crippen molar-refractivity contribution in [3.8, 4) is 0 Å². The lowest BCUT2D eigenvalue weighted by Crippen LogP contribution is -2.53. The Morgan fingerprint density at radius 2 is 1.83 bits per heavy atom. The molecule has 1 atom stereocenters. The lowest BCUT2D eigenvalue weighted by Gasteiger charge is -2.35. The molecule has 0 saturated carbocycles. The summed E-state index contributed by atoms with van der Waals surface area (Å²) in [4.78, 5) is 24.6. The van der Waals surface area contributed by atoms with Crippen LogP contribution >= 0.6 is 0 Å². The van der Waals surface area contributed by atoms with Crippen molar-refractivity contribution < 1.29 is 14.7 Å². The van der Waals surface area contributed by atoms with Crippen LogP contribution in [0.1, 0.15) is 47.5 Å². The zero-order valence-electron chi connectivity index (χ0n) is 12.3. The first-order chi connectivity index (χ1) is 8.11. The molecule has 0 saturated heterocycles. The van der Waals surface area contributed by atoms with Gasteiger partial charge >= 0.3 is 12.0 Å². The Kier molecular flexibility index (Phi) is 6.15. The van der Waals surface area contributed by atoms with Gasteiger partial charge in [0.1, 0.15) is 6.04 Å². The monoisotopic (exact) mass is 258 g/mol. The lowest BCUT2D eigenvalue weighted by molar-refractivity contribution is -0.139. The average Bonchev–Trinajstić information content (AvgIpc) is 2.26. The summed E-state index contributed by atoms with van der Waals surface area (Å²) in [7, 11) is 1.69. The minimum atomic E-state index is -0.986. The minimum absolute atomic E-state index is 0.218. The number of hydrogen-bond donors (Lipinski definition) is 2. The highest BCUT2D eigenvalue weighted by Gasteiger charge is 2.29. The number of urea groups is 1. The summed E-state index contributed by atoms with van der Waals surface area (Å²) >= 11 is 0. The van der Waals surface area contributed by atoms with E-state index in [-0.39, 0.29) is 17.5 Å². The van der Waals surface area contributed by atoms with Gasteiger partial charge in [-0.3, -0.25) is 0 Å². The Hall–Kier alpha value is -1.26. The van der Waals surface area contributed by atoms with Gasteiger partial charge in [-0.25, -0.2) is 9.59 Å². The summed E-state index contributed by atoms with van der Waals surface area (Å²) in [6, 6.07) is -1.16. The third kappa shape index (κ3) is 4.94. The van der Waals surface area contributed by atoms with Crippen LogP contribution in [-0.2, 0) is 4.79 Å². The van der Waals surface area contributed by atoms with E-state index in [9.17, 15) is 9.59 Å². The summed E-state index contributed by atoms with van der Waals surface area (Å²) < 4.78 is 0. The highest BCUT2D eigenvalue weighted by atomic mass is 16.4. The van der Waals surface area contributed by atoms with Gasteiger partial charge in [0.15, 0.2) is 0 Å². The molecule has 0 bridgehead atoms. The highest BCUT2D eigenvalue weighted by Crippen LogP contribution is 2.16. The van der Waals surface area contributed by atoms with Crippen LogP contribution in [-0.4, -0.2) is 40.6 Å². The summed E-state index contributed by atoms with van der Waals surface area (Å²) in [6.07, 6.45) is 1.24. The van der Waals surface area contributed by atoms with Gasteiger partial charge in [-0.15, -0.1) is 0 Å². The molecule has 5 heteroatoms. The summed E-state index contributed by atoms with van der Waals surface area (Å²) in [6.45, 7) is 9.76. The van der Waals surface area contributed by atoms with Crippen molar-refractivity contribution >= 4 is 12.0 Å². The molecule has 0 radical (unpaired) electrons. The third-order valence-corrected chi connectivity index (χ3v) is 3.38. The van der Waals surface area contributed by atoms with Crippen molar-refractivity contribution in [2.45, 2.75) is 59.0 Å². The number of nitrogens with zero attached hydrogens (tertiary/aromatic N) is 1. The number of rotatable bonds is 6. The first-order valence-electron chi connectivity index (χ1n) is 6.39. The first-order valence-corrected chi connectivity index (χ1v) is 6.39. The number of carbonyl (C=O) groups excluding carboxylic acids is 1. The molecule has 0 spiro atoms. The van der Waals surface area contributed by atoms with Crippen LogP contribution in [0.15, 0.2) is 0 Å². The van der Waals surface area contributed by atoms with Crippen LogP contribution in [0, 0.1) is 5.92 Å². The van der Waals surface area contributed by atoms with Crippen LogP contribution in [0.3, 0.4) is 0 Å². The highest BCUT2D eigenvalue weighted by molar-refractivity contribution is 5.82. The van der Waals surface area contributed by atoms with E-state index in [0.29, 0.717) is 6.42 Å². The molecular formula is C13H26N2O3. The fourth-order valence-corrected chi connectivity index (χ4v) is 1.45. The Morgan fingerprint density at radius 3 is 2.17 bits per heavy atom. The molecular weight excluding hydrogens is 232 g/mol. The van der Waals surface area contributed by atoms with Gasteiger partial charge in [-0.2, -0.15) is 0 Å². The van der Waals surface area contributed by atoms with Crippen molar-refractivity contribution in [3.05, 3.63) is 0 Å². The van der Waals surface area contributed by atoms with Crippen LogP contribution < -0.4 is 5.32 Å². The molecule has 0 aliphatic rings. The molecule has 2 N–H and O–H groups in total. The predicted molar refractivity (Wildman–Crippen MR) is 71.5 cm³/mol. The predicted octanol–water partition coefficient (Wildman–Crippen LogP) is 2.32. The number of amides is 2. The van der Waals surface area contributed by atoms with Gasteiger partial charge in [0, 0.05) is 12.6 Å². The van der Waals surface area contributed by atoms with E-state index in [0.717, 1.165) is 6.42 Å². The second-order valence-electron chi connectivity index (χ2n) is 5.69. The van der Waals surface area contributed by atoms with Gasteiger partial charge in [-0.1, -0.05) is 20.8 Å². The Bertz CT molecular complexity index is 301. The van der Waals surface area contributed by atoms with Crippen LogP contribution in [0.5, 0.6) is 0 Å². The fraction of sp³-hybridized carbons (Fsp3) is 0.846. The number of aliphatic carboxylic acids is 1. The second-order valence-corrected chi connectivity index (χ2v) is 5.69. The number of nitrogens with one attached hydrogen (secondary N) is 1. The van der Waals surface area contributed by atoms with Crippen LogP contribution in [0.25, 0.3) is 0 Å². The molecule has 0 unspecified atom stereocenters. The Labute approximate surface area is 110 Å². The number of hydrogen-bond acceptors (Lipinski definition) is 2. The summed E-state index contributed by atoms with van der Waals surface area (Å²) in [5.74, 6) is -0.768. The maximum absolute atomic E-state index is 12.0. The molecule has 106 valence electrons. The van der Waals surface area contributed by atoms with Gasteiger partial charge in [0.25, 0.3) is 0 Å². The zero-order valence-corrected chi connectivity index (χ0v) is 12.3. The topological polar surface area (TPSA) is 69.6 Å². The minimum Gasteiger partial charge on any atom is -0.480 e. The molecule has 0 aromatic heterocycles. The van der Waals surface area contributed by atoms with Crippen LogP contribution in [0.2, 0.25) is 0 Å². The fourth-order valence-electron chi connectivity index (χ4n) is 1.45. The lowest BCUT2D eigenvalue weighted by atomic mass is 10.0. The van der Waals surface area contributed by atoms with Crippen LogP contribution in [0.4, 0.5) is 4.79 Å². The van der Waals surface area contributed by atoms with Crippen molar-refractivity contribution in [2.24, 2.45) is 5.92 Å². The number of carboxylic acid groups (broad SMARTS) is 1. The van der Waals surface area contributed by atoms with E-state index in [4.69, 9.17) is 5.11 Å². The second kappa shape index (κ2) is 6.61. The Morgan fingerprint density at radius 1 is 1.33 bits per heavy atom. The molecule has 0 fully saturated rings. The van der Waals surface area contributed by atoms with Crippen molar-refractivity contribution in [3.63, 3.8) is 0 Å². The quantitative estimate of drug-likeness (QED) is 0.768. The third-order valence-electron chi connectivity index (χ3n) is 3.38. The van der Waals surface area contributed by atoms with E-state index >= 15 is 0 Å². The molecule has 0 aromatic carbocycles. The molecule has 0 aliphatic carbocycles. The maximum Gasteiger partial charge on any atom is 0.326 e. The van der Waals surface area contributed by atoms with E-state index in [1.165, 1.54) is 0 Å². The van der Waals surface area contributed by atoms with E-state index in [1.807, 2.05) is 34.6 Å². The van der Waals surface area contributed by atoms with Gasteiger partial charge in [0.2, 0.25) is 0 Å². The average molecular weight is 258 g/mol. The first kappa shape index (κ1) is 16.7.